The first kappa shape index (κ1) is 14.3. The molecule has 0 atom stereocenters. The summed E-state index contributed by atoms with van der Waals surface area (Å²) in [6.45, 7) is 0.188. The van der Waals surface area contributed by atoms with Crippen molar-refractivity contribution in [3.8, 4) is 0 Å². The third-order valence-electron chi connectivity index (χ3n) is 2.88. The molecular formula is C11H13N3O5S. The zero-order chi connectivity index (χ0) is 14.8. The molecule has 1 aliphatic rings. The Balaban J connectivity index is 2.08. The number of carbonyl (C=O) groups excluding carboxylic acids is 1. The van der Waals surface area contributed by atoms with Gasteiger partial charge in [0, 0.05) is 19.3 Å². The lowest BCUT2D eigenvalue weighted by molar-refractivity contribution is 0.0691. The first-order chi connectivity index (χ1) is 9.39. The van der Waals surface area contributed by atoms with Gasteiger partial charge in [0.15, 0.2) is 15.5 Å². The van der Waals surface area contributed by atoms with Crippen LogP contribution >= 0.6 is 0 Å². The molecule has 20 heavy (non-hydrogen) atoms. The maximum absolute atomic E-state index is 12.0. The van der Waals surface area contributed by atoms with Crippen LogP contribution in [-0.4, -0.2) is 60.0 Å². The van der Waals surface area contributed by atoms with E-state index in [0.717, 1.165) is 0 Å². The van der Waals surface area contributed by atoms with Gasteiger partial charge in [-0.2, -0.15) is 0 Å². The molecule has 0 unspecified atom stereocenters. The minimum absolute atomic E-state index is 0.0819. The van der Waals surface area contributed by atoms with Crippen molar-refractivity contribution in [3.63, 3.8) is 0 Å². The Morgan fingerprint density at radius 2 is 1.95 bits per heavy atom. The number of hydrogen-bond donors (Lipinski definition) is 2. The van der Waals surface area contributed by atoms with Gasteiger partial charge in [0.05, 0.1) is 17.2 Å². The van der Waals surface area contributed by atoms with Crippen molar-refractivity contribution < 1.29 is 23.1 Å². The molecule has 108 valence electrons. The van der Waals surface area contributed by atoms with Crippen LogP contribution in [0.3, 0.4) is 0 Å². The Morgan fingerprint density at radius 3 is 2.55 bits per heavy atom. The minimum Gasteiger partial charge on any atom is -0.476 e. The SMILES string of the molecule is O=C(O)c1ncccc1NC(=O)N1CCS(=O)(=O)CC1. The quantitative estimate of drug-likeness (QED) is 0.796. The standard InChI is InChI=1S/C11H13N3O5S/c15-10(16)9-8(2-1-3-12-9)13-11(17)14-4-6-20(18,19)7-5-14/h1-3H,4-7H2,(H,13,17)(H,15,16). The van der Waals surface area contributed by atoms with Crippen molar-refractivity contribution in [2.75, 3.05) is 29.9 Å². The topological polar surface area (TPSA) is 117 Å². The molecule has 0 radical (unpaired) electrons. The van der Waals surface area contributed by atoms with Gasteiger partial charge in [0.1, 0.15) is 0 Å². The van der Waals surface area contributed by atoms with Gasteiger partial charge < -0.3 is 15.3 Å². The molecule has 0 bridgehead atoms. The average molecular weight is 299 g/mol. The summed E-state index contributed by atoms with van der Waals surface area (Å²) in [5.74, 6) is -1.42. The van der Waals surface area contributed by atoms with Gasteiger partial charge in [-0.15, -0.1) is 0 Å². The van der Waals surface area contributed by atoms with Crippen molar-refractivity contribution in [2.45, 2.75) is 0 Å². The number of carboxylic acid groups (broad SMARTS) is 1. The number of aromatic carboxylic acids is 1. The Kier molecular flexibility index (Phi) is 3.89. The first-order valence-corrected chi connectivity index (χ1v) is 7.66. The number of pyridine rings is 1. The lowest BCUT2D eigenvalue weighted by atomic mass is 10.3. The molecule has 0 spiro atoms. The molecule has 1 saturated heterocycles. The van der Waals surface area contributed by atoms with E-state index in [1.807, 2.05) is 0 Å². The van der Waals surface area contributed by atoms with E-state index in [-0.39, 0.29) is 36.0 Å². The van der Waals surface area contributed by atoms with Crippen LogP contribution in [0, 0.1) is 0 Å². The van der Waals surface area contributed by atoms with Crippen molar-refractivity contribution >= 4 is 27.5 Å². The zero-order valence-electron chi connectivity index (χ0n) is 10.4. The normalized spacial score (nSPS) is 17.5. The van der Waals surface area contributed by atoms with Crippen LogP contribution in [0.4, 0.5) is 10.5 Å². The van der Waals surface area contributed by atoms with Crippen LogP contribution in [0.2, 0.25) is 0 Å². The molecule has 1 fully saturated rings. The number of anilines is 1. The molecule has 0 aromatic carbocycles. The van der Waals surface area contributed by atoms with Gasteiger partial charge in [-0.25, -0.2) is 23.0 Å². The van der Waals surface area contributed by atoms with Crippen LogP contribution in [-0.2, 0) is 9.84 Å². The highest BCUT2D eigenvalue weighted by Crippen LogP contribution is 2.14. The number of rotatable bonds is 2. The molecular weight excluding hydrogens is 286 g/mol. The fraction of sp³-hybridized carbons (Fsp3) is 0.364. The zero-order valence-corrected chi connectivity index (χ0v) is 11.3. The predicted octanol–water partition coefficient (Wildman–Crippen LogP) is 0.0421. The highest BCUT2D eigenvalue weighted by Gasteiger charge is 2.25. The van der Waals surface area contributed by atoms with E-state index in [1.54, 1.807) is 0 Å². The van der Waals surface area contributed by atoms with E-state index in [9.17, 15) is 18.0 Å². The van der Waals surface area contributed by atoms with Crippen LogP contribution < -0.4 is 5.32 Å². The highest BCUT2D eigenvalue weighted by molar-refractivity contribution is 7.91. The number of amides is 2. The molecule has 9 heteroatoms. The van der Waals surface area contributed by atoms with Crippen LogP contribution in [0.25, 0.3) is 0 Å². The summed E-state index contributed by atoms with van der Waals surface area (Å²) < 4.78 is 22.5. The summed E-state index contributed by atoms with van der Waals surface area (Å²) in [7, 11) is -3.07. The molecule has 2 rings (SSSR count). The number of nitrogens with one attached hydrogen (secondary N) is 1. The molecule has 1 aromatic heterocycles. The van der Waals surface area contributed by atoms with Crippen molar-refractivity contribution in [3.05, 3.63) is 24.0 Å². The fourth-order valence-corrected chi connectivity index (χ4v) is 2.99. The monoisotopic (exact) mass is 299 g/mol. The van der Waals surface area contributed by atoms with Crippen molar-refractivity contribution in [2.24, 2.45) is 0 Å². The fourth-order valence-electron chi connectivity index (χ4n) is 1.79. The van der Waals surface area contributed by atoms with Gasteiger partial charge in [-0.1, -0.05) is 0 Å². The highest BCUT2D eigenvalue weighted by atomic mass is 32.2. The average Bonchev–Trinajstić information content (AvgIpc) is 2.38. The second-order valence-corrected chi connectivity index (χ2v) is 6.58. The largest absolute Gasteiger partial charge is 0.476 e. The van der Waals surface area contributed by atoms with Gasteiger partial charge >= 0.3 is 12.0 Å². The summed E-state index contributed by atoms with van der Waals surface area (Å²) in [4.78, 5) is 27.9. The molecule has 0 aliphatic carbocycles. The lowest BCUT2D eigenvalue weighted by Crippen LogP contribution is -2.45. The number of aromatic nitrogens is 1. The number of carbonyl (C=O) groups is 2. The van der Waals surface area contributed by atoms with Crippen LogP contribution in [0.15, 0.2) is 18.3 Å². The van der Waals surface area contributed by atoms with E-state index in [2.05, 4.69) is 10.3 Å². The van der Waals surface area contributed by atoms with E-state index in [4.69, 9.17) is 5.11 Å². The summed E-state index contributed by atoms with van der Waals surface area (Å²) in [5.41, 5.74) is -0.177. The number of urea groups is 1. The first-order valence-electron chi connectivity index (χ1n) is 5.84. The molecule has 8 nitrogen and oxygen atoms in total. The van der Waals surface area contributed by atoms with Crippen molar-refractivity contribution in [1.29, 1.82) is 0 Å². The predicted molar refractivity (Wildman–Crippen MR) is 70.4 cm³/mol. The summed E-state index contributed by atoms with van der Waals surface area (Å²) in [5, 5.41) is 11.4. The van der Waals surface area contributed by atoms with E-state index < -0.39 is 21.8 Å². The van der Waals surface area contributed by atoms with Gasteiger partial charge in [-0.3, -0.25) is 0 Å². The maximum atomic E-state index is 12.0. The summed E-state index contributed by atoms with van der Waals surface area (Å²) in [6.07, 6.45) is 1.31. The molecule has 2 N–H and O–H groups in total. The van der Waals surface area contributed by atoms with E-state index >= 15 is 0 Å². The lowest BCUT2D eigenvalue weighted by Gasteiger charge is -2.26. The van der Waals surface area contributed by atoms with Gasteiger partial charge in [0.2, 0.25) is 0 Å². The van der Waals surface area contributed by atoms with E-state index in [0.29, 0.717) is 0 Å². The Hall–Kier alpha value is -2.16. The Labute approximate surface area is 115 Å². The molecule has 2 heterocycles. The van der Waals surface area contributed by atoms with Crippen molar-refractivity contribution in [1.82, 2.24) is 9.88 Å². The number of carboxylic acids is 1. The maximum Gasteiger partial charge on any atom is 0.356 e. The summed E-state index contributed by atoms with van der Waals surface area (Å²) in [6, 6.07) is 2.40. The molecule has 2 amide bonds. The summed E-state index contributed by atoms with van der Waals surface area (Å²) >= 11 is 0. The Bertz CT molecular complexity index is 629. The second-order valence-electron chi connectivity index (χ2n) is 4.27. The molecule has 1 aliphatic heterocycles. The number of sulfone groups is 1. The molecule has 1 aromatic rings. The van der Waals surface area contributed by atoms with Crippen LogP contribution in [0.5, 0.6) is 0 Å². The van der Waals surface area contributed by atoms with Crippen LogP contribution in [0.1, 0.15) is 10.5 Å². The smallest absolute Gasteiger partial charge is 0.356 e. The van der Waals surface area contributed by atoms with Gasteiger partial charge in [0.25, 0.3) is 0 Å². The minimum atomic E-state index is -3.07. The third kappa shape index (κ3) is 3.23. The molecule has 0 saturated carbocycles. The number of nitrogens with zero attached hydrogens (tertiary/aromatic N) is 2. The number of hydrogen-bond acceptors (Lipinski definition) is 5. The Morgan fingerprint density at radius 1 is 1.30 bits per heavy atom. The second kappa shape index (κ2) is 5.45. The third-order valence-corrected chi connectivity index (χ3v) is 4.49. The van der Waals surface area contributed by atoms with E-state index in [1.165, 1.54) is 23.2 Å². The van der Waals surface area contributed by atoms with Gasteiger partial charge in [-0.05, 0) is 12.1 Å².